The van der Waals surface area contributed by atoms with Gasteiger partial charge in [-0.1, -0.05) is 13.8 Å². The normalized spacial score (nSPS) is 12.6. The van der Waals surface area contributed by atoms with Crippen LogP contribution in [0, 0.1) is 5.92 Å². The van der Waals surface area contributed by atoms with E-state index >= 15 is 0 Å². The molecule has 7 nitrogen and oxygen atoms in total. The molecule has 0 amide bonds. The second-order valence-corrected chi connectivity index (χ2v) is 6.33. The molecule has 1 aromatic carbocycles. The van der Waals surface area contributed by atoms with Crippen molar-refractivity contribution in [2.24, 2.45) is 5.92 Å². The SMILES string of the molecule is COc1ccc(Nc2cc(C(F)(F)F)nc(N[C@@H](CO)C(C)C)n2)c(OC)c1. The van der Waals surface area contributed by atoms with Crippen molar-refractivity contribution < 1.29 is 27.8 Å². The molecule has 2 rings (SSSR count). The molecule has 154 valence electrons. The van der Waals surface area contributed by atoms with Crippen molar-refractivity contribution in [3.8, 4) is 11.5 Å². The molecule has 0 radical (unpaired) electrons. The minimum Gasteiger partial charge on any atom is -0.497 e. The molecule has 3 N–H and O–H groups in total. The van der Waals surface area contributed by atoms with Gasteiger partial charge in [-0.25, -0.2) is 4.98 Å². The standard InChI is InChI=1S/C18H23F3N4O3/c1-10(2)13(9-26)23-17-24-15(18(19,20)21)8-16(25-17)22-12-6-5-11(27-3)7-14(12)28-4/h5-8,10,13,26H,9H2,1-4H3,(H2,22,23,24,25)/t13-/m0/s1. The Labute approximate surface area is 160 Å². The minimum atomic E-state index is -4.66. The number of rotatable bonds is 8. The highest BCUT2D eigenvalue weighted by Gasteiger charge is 2.34. The van der Waals surface area contributed by atoms with Crippen molar-refractivity contribution in [2.75, 3.05) is 31.5 Å². The number of aliphatic hydroxyl groups excluding tert-OH is 1. The first kappa shape index (κ1) is 21.5. The molecule has 10 heteroatoms. The minimum absolute atomic E-state index is 0.0405. The molecule has 0 aliphatic heterocycles. The van der Waals surface area contributed by atoms with Gasteiger partial charge in [-0.15, -0.1) is 0 Å². The van der Waals surface area contributed by atoms with Crippen LogP contribution in [0.15, 0.2) is 24.3 Å². The van der Waals surface area contributed by atoms with Crippen molar-refractivity contribution in [3.05, 3.63) is 30.0 Å². The average Bonchev–Trinajstić information content (AvgIpc) is 2.65. The molecule has 1 heterocycles. The molecule has 2 aromatic rings. The van der Waals surface area contributed by atoms with Crippen LogP contribution in [0.1, 0.15) is 19.5 Å². The number of ether oxygens (including phenoxy) is 2. The number of aliphatic hydroxyl groups is 1. The van der Waals surface area contributed by atoms with Crippen LogP contribution in [0.25, 0.3) is 0 Å². The molecule has 0 saturated carbocycles. The fourth-order valence-corrected chi connectivity index (χ4v) is 2.35. The number of anilines is 3. The van der Waals surface area contributed by atoms with Crippen LogP contribution in [0.5, 0.6) is 11.5 Å². The summed E-state index contributed by atoms with van der Waals surface area (Å²) in [4.78, 5) is 7.64. The fraction of sp³-hybridized carbons (Fsp3) is 0.444. The van der Waals surface area contributed by atoms with Crippen molar-refractivity contribution >= 4 is 17.5 Å². The number of hydrogen-bond donors (Lipinski definition) is 3. The highest BCUT2D eigenvalue weighted by molar-refractivity contribution is 5.66. The van der Waals surface area contributed by atoms with E-state index in [2.05, 4.69) is 20.6 Å². The largest absolute Gasteiger partial charge is 0.497 e. The van der Waals surface area contributed by atoms with Crippen LogP contribution in [0.3, 0.4) is 0 Å². The van der Waals surface area contributed by atoms with Crippen molar-refractivity contribution in [3.63, 3.8) is 0 Å². The lowest BCUT2D eigenvalue weighted by molar-refractivity contribution is -0.141. The van der Waals surface area contributed by atoms with E-state index < -0.39 is 17.9 Å². The molecule has 0 bridgehead atoms. The first-order valence-electron chi connectivity index (χ1n) is 8.50. The zero-order valence-corrected chi connectivity index (χ0v) is 16.0. The van der Waals surface area contributed by atoms with Gasteiger partial charge in [0, 0.05) is 12.1 Å². The van der Waals surface area contributed by atoms with Gasteiger partial charge in [0.05, 0.1) is 32.6 Å². The average molecular weight is 400 g/mol. The van der Waals surface area contributed by atoms with Crippen molar-refractivity contribution in [1.82, 2.24) is 9.97 Å². The van der Waals surface area contributed by atoms with Gasteiger partial charge in [-0.2, -0.15) is 18.2 Å². The first-order valence-corrected chi connectivity index (χ1v) is 8.50. The van der Waals surface area contributed by atoms with E-state index in [1.807, 2.05) is 13.8 Å². The van der Waals surface area contributed by atoms with Crippen LogP contribution in [0.2, 0.25) is 0 Å². The van der Waals surface area contributed by atoms with Gasteiger partial charge >= 0.3 is 6.18 Å². The van der Waals surface area contributed by atoms with Crippen LogP contribution >= 0.6 is 0 Å². The van der Waals surface area contributed by atoms with E-state index in [4.69, 9.17) is 9.47 Å². The second-order valence-electron chi connectivity index (χ2n) is 6.33. The smallest absolute Gasteiger partial charge is 0.433 e. The number of halogens is 3. The predicted octanol–water partition coefficient (Wildman–Crippen LogP) is 3.69. The zero-order valence-electron chi connectivity index (χ0n) is 16.0. The summed E-state index contributed by atoms with van der Waals surface area (Å²) in [5, 5.41) is 15.0. The number of aromatic nitrogens is 2. The highest BCUT2D eigenvalue weighted by Crippen LogP contribution is 2.34. The van der Waals surface area contributed by atoms with E-state index in [-0.39, 0.29) is 24.3 Å². The van der Waals surface area contributed by atoms with E-state index in [0.29, 0.717) is 17.2 Å². The number of methoxy groups -OCH3 is 2. The van der Waals surface area contributed by atoms with E-state index in [1.165, 1.54) is 14.2 Å². The summed E-state index contributed by atoms with van der Waals surface area (Å²) >= 11 is 0. The Hall–Kier alpha value is -2.75. The zero-order chi connectivity index (χ0) is 20.9. The van der Waals surface area contributed by atoms with E-state index in [1.54, 1.807) is 18.2 Å². The maximum absolute atomic E-state index is 13.3. The lowest BCUT2D eigenvalue weighted by Gasteiger charge is -2.21. The van der Waals surface area contributed by atoms with Crippen LogP contribution in [0.4, 0.5) is 30.6 Å². The topological polar surface area (TPSA) is 88.5 Å². The molecular formula is C18H23F3N4O3. The maximum Gasteiger partial charge on any atom is 0.433 e. The number of hydrogen-bond acceptors (Lipinski definition) is 7. The van der Waals surface area contributed by atoms with Gasteiger partial charge in [-0.3, -0.25) is 0 Å². The van der Waals surface area contributed by atoms with Crippen molar-refractivity contribution in [2.45, 2.75) is 26.1 Å². The fourth-order valence-electron chi connectivity index (χ4n) is 2.35. The number of benzene rings is 1. The van der Waals surface area contributed by atoms with Gasteiger partial charge in [0.2, 0.25) is 5.95 Å². The Morgan fingerprint density at radius 1 is 1.11 bits per heavy atom. The molecule has 28 heavy (non-hydrogen) atoms. The molecule has 0 fully saturated rings. The molecule has 0 unspecified atom stereocenters. The molecule has 0 spiro atoms. The van der Waals surface area contributed by atoms with Gasteiger partial charge in [0.25, 0.3) is 0 Å². The summed E-state index contributed by atoms with van der Waals surface area (Å²) in [6.07, 6.45) is -4.66. The summed E-state index contributed by atoms with van der Waals surface area (Å²) in [5.74, 6) is 0.551. The van der Waals surface area contributed by atoms with Crippen LogP contribution < -0.4 is 20.1 Å². The maximum atomic E-state index is 13.3. The van der Waals surface area contributed by atoms with Gasteiger partial charge in [0.1, 0.15) is 17.3 Å². The molecule has 0 aliphatic carbocycles. The predicted molar refractivity (Wildman–Crippen MR) is 99.2 cm³/mol. The number of nitrogens with zero attached hydrogens (tertiary/aromatic N) is 2. The van der Waals surface area contributed by atoms with Crippen LogP contribution in [-0.4, -0.2) is 41.9 Å². The van der Waals surface area contributed by atoms with Gasteiger partial charge < -0.3 is 25.2 Å². The summed E-state index contributed by atoms with van der Waals surface area (Å²) in [6, 6.07) is 5.14. The van der Waals surface area contributed by atoms with E-state index in [0.717, 1.165) is 6.07 Å². The Morgan fingerprint density at radius 3 is 2.36 bits per heavy atom. The molecule has 1 atom stereocenters. The van der Waals surface area contributed by atoms with Crippen molar-refractivity contribution in [1.29, 1.82) is 0 Å². The number of nitrogens with one attached hydrogen (secondary N) is 2. The molecule has 1 aromatic heterocycles. The summed E-state index contributed by atoms with van der Waals surface area (Å²) in [7, 11) is 2.93. The van der Waals surface area contributed by atoms with E-state index in [9.17, 15) is 18.3 Å². The second kappa shape index (κ2) is 8.96. The third-order valence-corrected chi connectivity index (χ3v) is 4.00. The Bertz CT molecular complexity index is 800. The van der Waals surface area contributed by atoms with Gasteiger partial charge in [-0.05, 0) is 18.1 Å². The Kier molecular flexibility index (Phi) is 6.90. The third kappa shape index (κ3) is 5.38. The van der Waals surface area contributed by atoms with Crippen LogP contribution in [-0.2, 0) is 6.18 Å². The Balaban J connectivity index is 2.42. The molecular weight excluding hydrogens is 377 g/mol. The summed E-state index contributed by atoms with van der Waals surface area (Å²) in [5.41, 5.74) is -0.705. The lowest BCUT2D eigenvalue weighted by atomic mass is 10.1. The number of alkyl halides is 3. The summed E-state index contributed by atoms with van der Waals surface area (Å²) < 4.78 is 50.2. The van der Waals surface area contributed by atoms with Gasteiger partial charge in [0.15, 0.2) is 5.69 Å². The lowest BCUT2D eigenvalue weighted by Crippen LogP contribution is -2.30. The Morgan fingerprint density at radius 2 is 1.82 bits per heavy atom. The summed E-state index contributed by atoms with van der Waals surface area (Å²) in [6.45, 7) is 3.37. The third-order valence-electron chi connectivity index (χ3n) is 4.00. The molecule has 0 saturated heterocycles. The quantitative estimate of drug-likeness (QED) is 0.623. The highest BCUT2D eigenvalue weighted by atomic mass is 19.4. The monoisotopic (exact) mass is 400 g/mol. The molecule has 0 aliphatic rings. The first-order chi connectivity index (χ1) is 13.2.